The van der Waals surface area contributed by atoms with E-state index in [1.54, 1.807) is 0 Å². The summed E-state index contributed by atoms with van der Waals surface area (Å²) >= 11 is 0. The van der Waals surface area contributed by atoms with Gasteiger partial charge in [0.1, 0.15) is 5.75 Å². The molecule has 0 aliphatic rings. The molecular weight excluding hydrogens is 200 g/mol. The Kier molecular flexibility index (Phi) is 4.23. The van der Waals surface area contributed by atoms with Gasteiger partial charge in [-0.25, -0.2) is 0 Å². The van der Waals surface area contributed by atoms with E-state index < -0.39 is 0 Å². The van der Waals surface area contributed by atoms with Crippen LogP contribution in [0.4, 0.5) is 11.4 Å². The molecule has 0 aliphatic heterocycles. The molecule has 0 amide bonds. The fraction of sp³-hybridized carbons (Fsp3) is 0.385. The molecule has 1 aromatic rings. The highest BCUT2D eigenvalue weighted by Crippen LogP contribution is 2.30. The molecule has 0 spiro atoms. The summed E-state index contributed by atoms with van der Waals surface area (Å²) in [6.07, 6.45) is 0.124. The van der Waals surface area contributed by atoms with Gasteiger partial charge in [0.2, 0.25) is 0 Å². The van der Waals surface area contributed by atoms with Crippen molar-refractivity contribution < 1.29 is 4.74 Å². The predicted octanol–water partition coefficient (Wildman–Crippen LogP) is 3.04. The molecule has 0 saturated carbocycles. The molecule has 0 heterocycles. The number of nitrogens with one attached hydrogen (secondary N) is 1. The van der Waals surface area contributed by atoms with Gasteiger partial charge < -0.3 is 15.8 Å². The average Bonchev–Trinajstić information content (AvgIpc) is 2.18. The van der Waals surface area contributed by atoms with Crippen LogP contribution in [0.25, 0.3) is 0 Å². The summed E-state index contributed by atoms with van der Waals surface area (Å²) in [6, 6.07) is 5.74. The van der Waals surface area contributed by atoms with Crippen molar-refractivity contribution >= 4 is 11.4 Å². The van der Waals surface area contributed by atoms with Gasteiger partial charge in [-0.05, 0) is 32.9 Å². The Labute approximate surface area is 97.3 Å². The second-order valence-electron chi connectivity index (χ2n) is 4.19. The summed E-state index contributed by atoms with van der Waals surface area (Å²) in [7, 11) is 0. The van der Waals surface area contributed by atoms with Crippen molar-refractivity contribution in [1.29, 1.82) is 0 Å². The number of nitrogens with two attached hydrogens (primary N) is 1. The Morgan fingerprint density at radius 2 is 2.19 bits per heavy atom. The normalized spacial score (nSPS) is 10.2. The maximum Gasteiger partial charge on any atom is 0.144 e. The van der Waals surface area contributed by atoms with Crippen LogP contribution in [0.1, 0.15) is 20.8 Å². The maximum atomic E-state index is 6.00. The number of hydrogen-bond acceptors (Lipinski definition) is 3. The minimum absolute atomic E-state index is 0.124. The predicted molar refractivity (Wildman–Crippen MR) is 69.9 cm³/mol. The SMILES string of the molecule is C=C(C)CNc1cccc(OC(C)C)c1N. The van der Waals surface area contributed by atoms with Crippen LogP contribution in [0.5, 0.6) is 5.75 Å². The van der Waals surface area contributed by atoms with E-state index in [0.29, 0.717) is 5.69 Å². The van der Waals surface area contributed by atoms with Crippen LogP contribution >= 0.6 is 0 Å². The standard InChI is InChI=1S/C13H20N2O/c1-9(2)8-15-11-6-5-7-12(13(11)14)16-10(3)4/h5-7,10,15H,1,8,14H2,2-4H3. The fourth-order valence-corrected chi connectivity index (χ4v) is 1.30. The van der Waals surface area contributed by atoms with Crippen LogP contribution in [0, 0.1) is 0 Å². The van der Waals surface area contributed by atoms with Gasteiger partial charge in [-0.1, -0.05) is 18.2 Å². The van der Waals surface area contributed by atoms with Crippen LogP contribution in [-0.2, 0) is 0 Å². The van der Waals surface area contributed by atoms with Crippen molar-refractivity contribution in [2.45, 2.75) is 26.9 Å². The van der Waals surface area contributed by atoms with Gasteiger partial charge in [-0.15, -0.1) is 0 Å². The molecule has 0 bridgehead atoms. The first-order valence-corrected chi connectivity index (χ1v) is 5.44. The molecule has 88 valence electrons. The van der Waals surface area contributed by atoms with Gasteiger partial charge in [-0.3, -0.25) is 0 Å². The lowest BCUT2D eigenvalue weighted by Gasteiger charge is -2.15. The maximum absolute atomic E-state index is 6.00. The molecule has 3 nitrogen and oxygen atoms in total. The van der Waals surface area contributed by atoms with E-state index in [0.717, 1.165) is 23.6 Å². The van der Waals surface area contributed by atoms with Gasteiger partial charge in [-0.2, -0.15) is 0 Å². The molecule has 16 heavy (non-hydrogen) atoms. The van der Waals surface area contributed by atoms with Crippen molar-refractivity contribution in [3.05, 3.63) is 30.4 Å². The highest BCUT2D eigenvalue weighted by molar-refractivity contribution is 5.73. The first-order chi connectivity index (χ1) is 7.50. The number of ether oxygens (including phenoxy) is 1. The first-order valence-electron chi connectivity index (χ1n) is 5.44. The Bertz CT molecular complexity index is 372. The topological polar surface area (TPSA) is 47.3 Å². The van der Waals surface area contributed by atoms with Crippen LogP contribution < -0.4 is 15.8 Å². The molecule has 0 aliphatic carbocycles. The molecule has 0 unspecified atom stereocenters. The zero-order valence-corrected chi connectivity index (χ0v) is 10.2. The van der Waals surface area contributed by atoms with E-state index in [2.05, 4.69) is 11.9 Å². The Morgan fingerprint density at radius 1 is 1.50 bits per heavy atom. The second kappa shape index (κ2) is 5.45. The second-order valence-corrected chi connectivity index (χ2v) is 4.19. The van der Waals surface area contributed by atoms with E-state index in [-0.39, 0.29) is 6.10 Å². The van der Waals surface area contributed by atoms with Crippen molar-refractivity contribution in [2.75, 3.05) is 17.6 Å². The van der Waals surface area contributed by atoms with Gasteiger partial charge in [0, 0.05) is 6.54 Å². The Balaban J connectivity index is 2.81. The molecule has 0 fully saturated rings. The molecule has 0 saturated heterocycles. The lowest BCUT2D eigenvalue weighted by molar-refractivity contribution is 0.244. The molecule has 0 radical (unpaired) electrons. The van der Waals surface area contributed by atoms with Gasteiger partial charge >= 0.3 is 0 Å². The Morgan fingerprint density at radius 3 is 2.75 bits per heavy atom. The van der Waals surface area contributed by atoms with Gasteiger partial charge in [0.15, 0.2) is 0 Å². The zero-order chi connectivity index (χ0) is 12.1. The number of anilines is 2. The third-order valence-corrected chi connectivity index (χ3v) is 2.01. The van der Waals surface area contributed by atoms with Gasteiger partial charge in [0.25, 0.3) is 0 Å². The van der Waals surface area contributed by atoms with E-state index in [4.69, 9.17) is 10.5 Å². The molecule has 1 aromatic carbocycles. The van der Waals surface area contributed by atoms with E-state index >= 15 is 0 Å². The van der Waals surface area contributed by atoms with Crippen molar-refractivity contribution in [1.82, 2.24) is 0 Å². The summed E-state index contributed by atoms with van der Waals surface area (Å²) < 4.78 is 5.61. The fourth-order valence-electron chi connectivity index (χ4n) is 1.30. The highest BCUT2D eigenvalue weighted by Gasteiger charge is 2.06. The summed E-state index contributed by atoms with van der Waals surface area (Å²) in [5.74, 6) is 0.724. The quantitative estimate of drug-likeness (QED) is 0.592. The largest absolute Gasteiger partial charge is 0.489 e. The van der Waals surface area contributed by atoms with Crippen molar-refractivity contribution in [3.63, 3.8) is 0 Å². The molecule has 0 aromatic heterocycles. The molecule has 3 heteroatoms. The van der Waals surface area contributed by atoms with E-state index in [1.165, 1.54) is 0 Å². The molecular formula is C13H20N2O. The van der Waals surface area contributed by atoms with Crippen LogP contribution in [0.3, 0.4) is 0 Å². The van der Waals surface area contributed by atoms with E-state index in [9.17, 15) is 0 Å². The molecule has 1 rings (SSSR count). The lowest BCUT2D eigenvalue weighted by atomic mass is 10.2. The van der Waals surface area contributed by atoms with Crippen LogP contribution in [-0.4, -0.2) is 12.6 Å². The lowest BCUT2D eigenvalue weighted by Crippen LogP contribution is -2.10. The summed E-state index contributed by atoms with van der Waals surface area (Å²) in [6.45, 7) is 10.5. The third kappa shape index (κ3) is 3.50. The minimum Gasteiger partial charge on any atom is -0.489 e. The third-order valence-electron chi connectivity index (χ3n) is 2.01. The highest BCUT2D eigenvalue weighted by atomic mass is 16.5. The molecule has 0 atom stereocenters. The van der Waals surface area contributed by atoms with Crippen molar-refractivity contribution in [3.8, 4) is 5.75 Å². The monoisotopic (exact) mass is 220 g/mol. The van der Waals surface area contributed by atoms with Crippen molar-refractivity contribution in [2.24, 2.45) is 0 Å². The first kappa shape index (κ1) is 12.4. The van der Waals surface area contributed by atoms with E-state index in [1.807, 2.05) is 39.0 Å². The Hall–Kier alpha value is -1.64. The summed E-state index contributed by atoms with van der Waals surface area (Å²) in [4.78, 5) is 0. The number of rotatable bonds is 5. The van der Waals surface area contributed by atoms with Crippen LogP contribution in [0.2, 0.25) is 0 Å². The summed E-state index contributed by atoms with van der Waals surface area (Å²) in [5.41, 5.74) is 8.61. The average molecular weight is 220 g/mol. The zero-order valence-electron chi connectivity index (χ0n) is 10.2. The van der Waals surface area contributed by atoms with Gasteiger partial charge in [0.05, 0.1) is 17.5 Å². The smallest absolute Gasteiger partial charge is 0.144 e. The van der Waals surface area contributed by atoms with Crippen LogP contribution in [0.15, 0.2) is 30.4 Å². The number of hydrogen-bond donors (Lipinski definition) is 2. The number of nitrogen functional groups attached to an aromatic ring is 1. The minimum atomic E-state index is 0.124. The summed E-state index contributed by atoms with van der Waals surface area (Å²) in [5, 5.41) is 3.22. The number of benzene rings is 1. The molecule has 3 N–H and O–H groups in total. The number of para-hydroxylation sites is 1.